The van der Waals surface area contributed by atoms with Crippen LogP contribution in [0.5, 0.6) is 0 Å². The largest absolute Gasteiger partial charge is 0.462 e. The van der Waals surface area contributed by atoms with Gasteiger partial charge in [-0.15, -0.1) is 0 Å². The summed E-state index contributed by atoms with van der Waals surface area (Å²) in [7, 11) is 0. The first-order valence-electron chi connectivity index (χ1n) is 8.67. The van der Waals surface area contributed by atoms with Gasteiger partial charge in [-0.3, -0.25) is 0 Å². The van der Waals surface area contributed by atoms with Crippen LogP contribution in [-0.4, -0.2) is 47.7 Å². The molecule has 132 valence electrons. The van der Waals surface area contributed by atoms with Crippen molar-refractivity contribution in [1.82, 2.24) is 9.97 Å². The molecule has 3 rings (SSSR count). The summed E-state index contributed by atoms with van der Waals surface area (Å²) in [5.41, 5.74) is 1.70. The fourth-order valence-corrected chi connectivity index (χ4v) is 3.38. The molecule has 1 fully saturated rings. The maximum atomic E-state index is 11.8. The molecule has 6 nitrogen and oxygen atoms in total. The lowest BCUT2D eigenvalue weighted by molar-refractivity contribution is 0.0526. The van der Waals surface area contributed by atoms with E-state index in [1.165, 1.54) is 0 Å². The van der Waals surface area contributed by atoms with Crippen LogP contribution in [0.1, 0.15) is 31.1 Å². The second kappa shape index (κ2) is 7.51. The van der Waals surface area contributed by atoms with E-state index in [0.29, 0.717) is 12.2 Å². The number of esters is 1. The summed E-state index contributed by atoms with van der Waals surface area (Å²) in [4.78, 5) is 25.2. The molecule has 0 radical (unpaired) electrons. The Bertz CT molecular complexity index is 693. The average molecular weight is 340 g/mol. The van der Waals surface area contributed by atoms with Crippen LogP contribution in [0.15, 0.2) is 42.7 Å². The zero-order chi connectivity index (χ0) is 17.8. The normalized spacial score (nSPS) is 20.4. The van der Waals surface area contributed by atoms with Crippen molar-refractivity contribution in [3.8, 4) is 0 Å². The van der Waals surface area contributed by atoms with Crippen LogP contribution >= 0.6 is 0 Å². The van der Waals surface area contributed by atoms with Crippen LogP contribution in [0, 0.1) is 0 Å². The number of nitrogens with zero attached hydrogens (tertiary/aromatic N) is 4. The van der Waals surface area contributed by atoms with Crippen molar-refractivity contribution >= 4 is 17.6 Å². The van der Waals surface area contributed by atoms with Gasteiger partial charge in [0, 0.05) is 43.3 Å². The fourth-order valence-electron chi connectivity index (χ4n) is 3.38. The number of carbonyl (C=O) groups is 1. The molecule has 1 saturated heterocycles. The summed E-state index contributed by atoms with van der Waals surface area (Å²) < 4.78 is 5.04. The molecule has 1 aliphatic heterocycles. The number of aromatic nitrogens is 2. The van der Waals surface area contributed by atoms with E-state index >= 15 is 0 Å². The van der Waals surface area contributed by atoms with Crippen molar-refractivity contribution in [2.45, 2.75) is 32.9 Å². The number of piperazine rings is 1. The highest BCUT2D eigenvalue weighted by Crippen LogP contribution is 2.25. The predicted molar refractivity (Wildman–Crippen MR) is 98.0 cm³/mol. The summed E-state index contributed by atoms with van der Waals surface area (Å²) in [5.74, 6) is 0.502. The predicted octanol–water partition coefficient (Wildman–Crippen LogP) is 2.76. The summed E-state index contributed by atoms with van der Waals surface area (Å²) in [6.07, 6.45) is 3.56. The molecule has 6 heteroatoms. The SMILES string of the molecule is CCOC(=O)c1ccc(N2CC(C)N(c3ncccn3)C(C)C2)cc1. The van der Waals surface area contributed by atoms with Gasteiger partial charge in [0.2, 0.25) is 5.95 Å². The lowest BCUT2D eigenvalue weighted by Gasteiger charge is -2.45. The van der Waals surface area contributed by atoms with E-state index in [9.17, 15) is 4.79 Å². The molecule has 2 atom stereocenters. The van der Waals surface area contributed by atoms with Gasteiger partial charge in [-0.2, -0.15) is 0 Å². The third-order valence-corrected chi connectivity index (χ3v) is 4.45. The van der Waals surface area contributed by atoms with Gasteiger partial charge in [-0.05, 0) is 51.1 Å². The van der Waals surface area contributed by atoms with Crippen LogP contribution in [0.4, 0.5) is 11.6 Å². The Morgan fingerprint density at radius 2 is 1.72 bits per heavy atom. The monoisotopic (exact) mass is 340 g/mol. The first-order valence-corrected chi connectivity index (χ1v) is 8.67. The third-order valence-electron chi connectivity index (χ3n) is 4.45. The molecule has 0 aliphatic carbocycles. The van der Waals surface area contributed by atoms with Crippen molar-refractivity contribution < 1.29 is 9.53 Å². The second-order valence-corrected chi connectivity index (χ2v) is 6.33. The Balaban J connectivity index is 1.72. The molecule has 2 heterocycles. The molecule has 25 heavy (non-hydrogen) atoms. The summed E-state index contributed by atoms with van der Waals surface area (Å²) in [6, 6.07) is 10.0. The molecule has 0 saturated carbocycles. The van der Waals surface area contributed by atoms with Gasteiger partial charge in [0.05, 0.1) is 12.2 Å². The molecule has 2 unspecified atom stereocenters. The van der Waals surface area contributed by atoms with E-state index in [1.54, 1.807) is 12.4 Å². The minimum absolute atomic E-state index is 0.276. The van der Waals surface area contributed by atoms with E-state index in [2.05, 4.69) is 33.6 Å². The van der Waals surface area contributed by atoms with E-state index in [4.69, 9.17) is 4.74 Å². The number of hydrogen-bond donors (Lipinski definition) is 0. The minimum Gasteiger partial charge on any atom is -0.462 e. The highest BCUT2D eigenvalue weighted by Gasteiger charge is 2.31. The maximum absolute atomic E-state index is 11.8. The molecule has 1 aromatic heterocycles. The van der Waals surface area contributed by atoms with Gasteiger partial charge >= 0.3 is 5.97 Å². The van der Waals surface area contributed by atoms with Crippen LogP contribution in [0.3, 0.4) is 0 Å². The van der Waals surface area contributed by atoms with Crippen LogP contribution < -0.4 is 9.80 Å². The van der Waals surface area contributed by atoms with Gasteiger partial charge in [-0.25, -0.2) is 14.8 Å². The highest BCUT2D eigenvalue weighted by atomic mass is 16.5. The molecule has 0 N–H and O–H groups in total. The fraction of sp³-hybridized carbons (Fsp3) is 0.421. The van der Waals surface area contributed by atoms with E-state index in [1.807, 2.05) is 37.3 Å². The number of anilines is 2. The number of ether oxygens (including phenoxy) is 1. The van der Waals surface area contributed by atoms with Crippen LogP contribution in [0.2, 0.25) is 0 Å². The number of carbonyl (C=O) groups excluding carboxylic acids is 1. The van der Waals surface area contributed by atoms with E-state index < -0.39 is 0 Å². The standard InChI is InChI=1S/C19H24N4O2/c1-4-25-18(24)16-6-8-17(9-7-16)22-12-14(2)23(15(3)13-22)19-20-10-5-11-21-19/h5-11,14-15H,4,12-13H2,1-3H3. The molecule has 1 aliphatic rings. The second-order valence-electron chi connectivity index (χ2n) is 6.33. The van der Waals surface area contributed by atoms with Crippen molar-refractivity contribution in [3.63, 3.8) is 0 Å². The maximum Gasteiger partial charge on any atom is 0.338 e. The van der Waals surface area contributed by atoms with E-state index in [0.717, 1.165) is 24.7 Å². The van der Waals surface area contributed by atoms with Gasteiger partial charge in [-0.1, -0.05) is 0 Å². The van der Waals surface area contributed by atoms with Crippen molar-refractivity contribution in [3.05, 3.63) is 48.3 Å². The Morgan fingerprint density at radius 3 is 2.28 bits per heavy atom. The molecular weight excluding hydrogens is 316 g/mol. The highest BCUT2D eigenvalue weighted by molar-refractivity contribution is 5.89. The molecule has 0 spiro atoms. The minimum atomic E-state index is -0.276. The number of benzene rings is 1. The summed E-state index contributed by atoms with van der Waals surface area (Å²) >= 11 is 0. The summed E-state index contributed by atoms with van der Waals surface area (Å²) in [6.45, 7) is 8.32. The van der Waals surface area contributed by atoms with Crippen molar-refractivity contribution in [2.24, 2.45) is 0 Å². The summed E-state index contributed by atoms with van der Waals surface area (Å²) in [5, 5.41) is 0. The van der Waals surface area contributed by atoms with Crippen molar-refractivity contribution in [1.29, 1.82) is 0 Å². The Kier molecular flexibility index (Phi) is 5.16. The first kappa shape index (κ1) is 17.2. The van der Waals surface area contributed by atoms with Crippen molar-refractivity contribution in [2.75, 3.05) is 29.5 Å². The first-order chi connectivity index (χ1) is 12.1. The molecular formula is C19H24N4O2. The van der Waals surface area contributed by atoms with Gasteiger partial charge in [0.15, 0.2) is 0 Å². The number of rotatable bonds is 4. The smallest absolute Gasteiger partial charge is 0.338 e. The molecule has 0 amide bonds. The zero-order valence-electron chi connectivity index (χ0n) is 14.9. The lowest BCUT2D eigenvalue weighted by Crippen LogP contribution is -2.57. The van der Waals surface area contributed by atoms with Crippen LogP contribution in [-0.2, 0) is 4.74 Å². The Labute approximate surface area is 148 Å². The van der Waals surface area contributed by atoms with Gasteiger partial charge in [0.1, 0.15) is 0 Å². The average Bonchev–Trinajstić information content (AvgIpc) is 2.62. The molecule has 2 aromatic rings. The number of hydrogen-bond acceptors (Lipinski definition) is 6. The Hall–Kier alpha value is -2.63. The third kappa shape index (κ3) is 3.73. The molecule has 1 aromatic carbocycles. The van der Waals surface area contributed by atoms with E-state index in [-0.39, 0.29) is 18.1 Å². The van der Waals surface area contributed by atoms with Crippen LogP contribution in [0.25, 0.3) is 0 Å². The molecule has 0 bridgehead atoms. The van der Waals surface area contributed by atoms with Gasteiger partial charge in [0.25, 0.3) is 0 Å². The quantitative estimate of drug-likeness (QED) is 0.798. The Morgan fingerprint density at radius 1 is 1.12 bits per heavy atom. The zero-order valence-corrected chi connectivity index (χ0v) is 14.9. The topological polar surface area (TPSA) is 58.6 Å². The lowest BCUT2D eigenvalue weighted by atomic mass is 10.1. The van der Waals surface area contributed by atoms with Gasteiger partial charge < -0.3 is 14.5 Å².